The van der Waals surface area contributed by atoms with Crippen molar-refractivity contribution in [2.24, 2.45) is 5.73 Å². The Morgan fingerprint density at radius 2 is 2.09 bits per heavy atom. The summed E-state index contributed by atoms with van der Waals surface area (Å²) >= 11 is 0. The average Bonchev–Trinajstić information content (AvgIpc) is 1.86. The van der Waals surface area contributed by atoms with E-state index in [9.17, 15) is 9.59 Å². The number of esters is 1. The molecule has 2 N–H and O–H groups in total. The molecule has 0 aromatic heterocycles. The normalized spacial score (nSPS) is 10.9. The monoisotopic (exact) mass is 157 g/mol. The van der Waals surface area contributed by atoms with Gasteiger partial charge in [-0.3, -0.25) is 0 Å². The van der Waals surface area contributed by atoms with Crippen LogP contribution in [0.15, 0.2) is 11.6 Å². The van der Waals surface area contributed by atoms with E-state index in [1.807, 2.05) is 6.92 Å². The van der Waals surface area contributed by atoms with Gasteiger partial charge in [-0.05, 0) is 13.3 Å². The minimum Gasteiger partial charge on any atom is -0.373 e. The van der Waals surface area contributed by atoms with Crippen molar-refractivity contribution in [3.8, 4) is 0 Å². The lowest BCUT2D eigenvalue weighted by Gasteiger charge is -1.97. The number of carbonyl (C=O) groups excluding carboxylic acids is 2. The van der Waals surface area contributed by atoms with Crippen molar-refractivity contribution < 1.29 is 14.3 Å². The van der Waals surface area contributed by atoms with Crippen LogP contribution in [0.3, 0.4) is 0 Å². The maximum Gasteiger partial charge on any atom is 0.412 e. The number of hydrogen-bond donors (Lipinski definition) is 1. The van der Waals surface area contributed by atoms with E-state index in [0.717, 1.165) is 6.42 Å². The minimum atomic E-state index is -1.07. The molecular formula is C7H11NO3. The second kappa shape index (κ2) is 4.49. The number of hydrogen-bond acceptors (Lipinski definition) is 3. The van der Waals surface area contributed by atoms with Crippen LogP contribution in [0.1, 0.15) is 20.3 Å². The lowest BCUT2D eigenvalue weighted by atomic mass is 10.2. The van der Waals surface area contributed by atoms with Crippen molar-refractivity contribution in [2.75, 3.05) is 0 Å². The summed E-state index contributed by atoms with van der Waals surface area (Å²) in [5.41, 5.74) is 5.01. The number of primary amides is 1. The van der Waals surface area contributed by atoms with Gasteiger partial charge in [-0.25, -0.2) is 9.59 Å². The fourth-order valence-electron chi connectivity index (χ4n) is 0.561. The van der Waals surface area contributed by atoms with Crippen LogP contribution >= 0.6 is 0 Å². The molecule has 0 aromatic rings. The quantitative estimate of drug-likeness (QED) is 0.369. The molecule has 11 heavy (non-hydrogen) atoms. The van der Waals surface area contributed by atoms with E-state index >= 15 is 0 Å². The number of ether oxygens (including phenoxy) is 1. The average molecular weight is 157 g/mol. The second-order valence-corrected chi connectivity index (χ2v) is 2.00. The van der Waals surface area contributed by atoms with Crippen LogP contribution < -0.4 is 5.73 Å². The summed E-state index contributed by atoms with van der Waals surface area (Å²) in [6, 6.07) is 0. The van der Waals surface area contributed by atoms with Gasteiger partial charge in [-0.1, -0.05) is 13.0 Å². The van der Waals surface area contributed by atoms with E-state index in [4.69, 9.17) is 0 Å². The molecule has 0 saturated carbocycles. The fourth-order valence-corrected chi connectivity index (χ4v) is 0.561. The molecule has 0 unspecified atom stereocenters. The highest BCUT2D eigenvalue weighted by molar-refractivity contribution is 5.94. The van der Waals surface area contributed by atoms with E-state index in [-0.39, 0.29) is 0 Å². The smallest absolute Gasteiger partial charge is 0.373 e. The van der Waals surface area contributed by atoms with Crippen molar-refractivity contribution in [3.63, 3.8) is 0 Å². The first kappa shape index (κ1) is 9.68. The zero-order valence-corrected chi connectivity index (χ0v) is 6.59. The van der Waals surface area contributed by atoms with Gasteiger partial charge in [0.25, 0.3) is 0 Å². The van der Waals surface area contributed by atoms with E-state index in [1.165, 1.54) is 0 Å². The largest absolute Gasteiger partial charge is 0.412 e. The zero-order chi connectivity index (χ0) is 8.85. The Bertz CT molecular complexity index is 196. The van der Waals surface area contributed by atoms with Crippen molar-refractivity contribution in [2.45, 2.75) is 20.3 Å². The van der Waals surface area contributed by atoms with Gasteiger partial charge in [0.05, 0.1) is 0 Å². The van der Waals surface area contributed by atoms with Gasteiger partial charge in [-0.15, -0.1) is 0 Å². The summed E-state index contributed by atoms with van der Waals surface area (Å²) in [6.45, 7) is 3.44. The number of carbonyl (C=O) groups is 2. The van der Waals surface area contributed by atoms with Gasteiger partial charge in [0.15, 0.2) is 0 Å². The van der Waals surface area contributed by atoms with Crippen molar-refractivity contribution in [1.29, 1.82) is 0 Å². The lowest BCUT2D eigenvalue weighted by Crippen LogP contribution is -2.18. The number of nitrogens with two attached hydrogens (primary N) is 1. The fraction of sp³-hybridized carbons (Fsp3) is 0.429. The highest BCUT2D eigenvalue weighted by Gasteiger charge is 2.07. The molecule has 4 nitrogen and oxygen atoms in total. The molecule has 1 amide bonds. The zero-order valence-electron chi connectivity index (χ0n) is 6.59. The SMILES string of the molecule is CCC=C(C)C(=O)OC(N)=O. The second-order valence-electron chi connectivity index (χ2n) is 2.00. The van der Waals surface area contributed by atoms with Gasteiger partial charge in [-0.2, -0.15) is 0 Å². The van der Waals surface area contributed by atoms with E-state index in [2.05, 4.69) is 10.5 Å². The predicted molar refractivity (Wildman–Crippen MR) is 39.7 cm³/mol. The first-order valence-corrected chi connectivity index (χ1v) is 3.26. The molecule has 0 aliphatic rings. The molecule has 0 aliphatic heterocycles. The van der Waals surface area contributed by atoms with Crippen LogP contribution in [-0.2, 0) is 9.53 Å². The van der Waals surface area contributed by atoms with E-state index < -0.39 is 12.1 Å². The lowest BCUT2D eigenvalue weighted by molar-refractivity contribution is -0.132. The summed E-state index contributed by atoms with van der Waals surface area (Å²) in [7, 11) is 0. The summed E-state index contributed by atoms with van der Waals surface area (Å²) in [4.78, 5) is 20.8. The highest BCUT2D eigenvalue weighted by Crippen LogP contribution is 1.97. The predicted octanol–water partition coefficient (Wildman–Crippen LogP) is 0.965. The summed E-state index contributed by atoms with van der Waals surface area (Å²) in [6.07, 6.45) is 1.31. The maximum atomic E-state index is 10.8. The Hall–Kier alpha value is -1.32. The molecule has 0 radical (unpaired) electrons. The topological polar surface area (TPSA) is 69.4 Å². The van der Waals surface area contributed by atoms with Gasteiger partial charge in [0, 0.05) is 5.57 Å². The van der Waals surface area contributed by atoms with Crippen LogP contribution in [0.2, 0.25) is 0 Å². The van der Waals surface area contributed by atoms with Crippen molar-refractivity contribution in [3.05, 3.63) is 11.6 Å². The first-order valence-electron chi connectivity index (χ1n) is 3.26. The van der Waals surface area contributed by atoms with Gasteiger partial charge < -0.3 is 10.5 Å². The molecule has 62 valence electrons. The summed E-state index contributed by atoms with van der Waals surface area (Å²) in [5, 5.41) is 0. The molecule has 0 spiro atoms. The standard InChI is InChI=1S/C7H11NO3/c1-3-4-5(2)6(9)11-7(8)10/h4H,3H2,1-2H3,(H2,8,10). The Labute approximate surface area is 65.0 Å². The number of rotatable bonds is 2. The molecular weight excluding hydrogens is 146 g/mol. The molecule has 0 aliphatic carbocycles. The molecule has 0 atom stereocenters. The summed E-state index contributed by atoms with van der Waals surface area (Å²) in [5.74, 6) is -0.681. The minimum absolute atomic E-state index is 0.395. The molecule has 0 saturated heterocycles. The number of allylic oxidation sites excluding steroid dienone is 1. The van der Waals surface area contributed by atoms with Crippen LogP contribution in [0, 0.1) is 0 Å². The van der Waals surface area contributed by atoms with Crippen LogP contribution in [0.5, 0.6) is 0 Å². The van der Waals surface area contributed by atoms with Crippen LogP contribution in [-0.4, -0.2) is 12.1 Å². The third-order valence-electron chi connectivity index (χ3n) is 1.03. The molecule has 4 heteroatoms. The van der Waals surface area contributed by atoms with Crippen LogP contribution in [0.25, 0.3) is 0 Å². The molecule has 0 heterocycles. The summed E-state index contributed by atoms with van der Waals surface area (Å²) < 4.78 is 4.10. The van der Waals surface area contributed by atoms with E-state index in [0.29, 0.717) is 5.57 Å². The van der Waals surface area contributed by atoms with Crippen molar-refractivity contribution >= 4 is 12.1 Å². The first-order chi connectivity index (χ1) is 5.07. The van der Waals surface area contributed by atoms with Gasteiger partial charge in [0.1, 0.15) is 0 Å². The third kappa shape index (κ3) is 4.13. The highest BCUT2D eigenvalue weighted by atomic mass is 16.6. The number of amides is 1. The van der Waals surface area contributed by atoms with Crippen LogP contribution in [0.4, 0.5) is 4.79 Å². The maximum absolute atomic E-state index is 10.8. The Balaban J connectivity index is 4.03. The third-order valence-corrected chi connectivity index (χ3v) is 1.03. The Morgan fingerprint density at radius 3 is 2.45 bits per heavy atom. The molecule has 0 fully saturated rings. The van der Waals surface area contributed by atoms with E-state index in [1.54, 1.807) is 13.0 Å². The van der Waals surface area contributed by atoms with Crippen molar-refractivity contribution in [1.82, 2.24) is 0 Å². The molecule has 0 bridgehead atoms. The van der Waals surface area contributed by atoms with Gasteiger partial charge in [0.2, 0.25) is 0 Å². The van der Waals surface area contributed by atoms with Gasteiger partial charge >= 0.3 is 12.1 Å². The Morgan fingerprint density at radius 1 is 1.55 bits per heavy atom. The molecule has 0 aromatic carbocycles. The Kier molecular flexibility index (Phi) is 3.95. The molecule has 0 rings (SSSR count).